The number of amides is 1. The van der Waals surface area contributed by atoms with Crippen molar-refractivity contribution >= 4 is 18.2 Å². The minimum Gasteiger partial charge on any atom is -0.457 e. The van der Waals surface area contributed by atoms with E-state index < -0.39 is 0 Å². The molecule has 0 saturated heterocycles. The van der Waals surface area contributed by atoms with Crippen LogP contribution in [0.25, 0.3) is 12.3 Å². The first kappa shape index (κ1) is 20.1. The molecule has 0 aliphatic heterocycles. The first-order valence-electron chi connectivity index (χ1n) is 9.61. The second-order valence-corrected chi connectivity index (χ2v) is 6.59. The molecule has 0 spiro atoms. The zero-order valence-electron chi connectivity index (χ0n) is 16.5. The first-order chi connectivity index (χ1) is 14.2. The van der Waals surface area contributed by atoms with Crippen molar-refractivity contribution in [1.29, 1.82) is 0 Å². The molecule has 0 fully saturated rings. The van der Waals surface area contributed by atoms with Gasteiger partial charge in [0.1, 0.15) is 17.2 Å². The summed E-state index contributed by atoms with van der Waals surface area (Å²) in [7, 11) is 1.57. The highest BCUT2D eigenvalue weighted by Crippen LogP contribution is 2.22. The van der Waals surface area contributed by atoms with Gasteiger partial charge in [-0.2, -0.15) is 0 Å². The monoisotopic (exact) mass is 387 g/mol. The van der Waals surface area contributed by atoms with Crippen molar-refractivity contribution in [1.82, 2.24) is 10.3 Å². The van der Waals surface area contributed by atoms with Gasteiger partial charge in [-0.15, -0.1) is 0 Å². The average Bonchev–Trinajstić information content (AvgIpc) is 2.77. The van der Waals surface area contributed by atoms with Gasteiger partial charge in [0, 0.05) is 25.5 Å². The van der Waals surface area contributed by atoms with Crippen LogP contribution < -0.4 is 26.2 Å². The minimum atomic E-state index is -0.241. The summed E-state index contributed by atoms with van der Waals surface area (Å²) >= 11 is 0. The molecule has 0 aliphatic rings. The van der Waals surface area contributed by atoms with E-state index in [1.807, 2.05) is 30.3 Å². The Bertz CT molecular complexity index is 1080. The fraction of sp³-hybridized carbons (Fsp3) is 0.167. The summed E-state index contributed by atoms with van der Waals surface area (Å²) in [6, 6.07) is 19.5. The lowest BCUT2D eigenvalue weighted by molar-refractivity contribution is 0.0958. The van der Waals surface area contributed by atoms with Gasteiger partial charge in [-0.05, 0) is 53.5 Å². The lowest BCUT2D eigenvalue weighted by atomic mass is 10.1. The van der Waals surface area contributed by atoms with E-state index in [2.05, 4.69) is 34.6 Å². The largest absolute Gasteiger partial charge is 0.457 e. The molecule has 29 heavy (non-hydrogen) atoms. The number of nitrogens with zero attached hydrogens (tertiary/aromatic N) is 1. The number of aromatic nitrogens is 1. The number of rotatable bonds is 7. The summed E-state index contributed by atoms with van der Waals surface area (Å²) in [5.41, 5.74) is 7.25. The van der Waals surface area contributed by atoms with Gasteiger partial charge in [0.25, 0.3) is 5.91 Å². The van der Waals surface area contributed by atoms with Gasteiger partial charge in [-0.25, -0.2) is 0 Å². The lowest BCUT2D eigenvalue weighted by Crippen LogP contribution is -2.25. The molecule has 0 unspecified atom stereocenters. The van der Waals surface area contributed by atoms with Crippen molar-refractivity contribution in [3.8, 4) is 11.5 Å². The molecular weight excluding hydrogens is 362 g/mol. The number of pyridine rings is 1. The Morgan fingerprint density at radius 1 is 1.07 bits per heavy atom. The second-order valence-electron chi connectivity index (χ2n) is 6.59. The number of ether oxygens (including phenoxy) is 1. The SMILES string of the molecule is CNC(=O)c1cc(Oc2ccc(CCC/C=c3/cccc/c3=C/N)cc2)ccn1. The van der Waals surface area contributed by atoms with Crippen molar-refractivity contribution in [3.05, 3.63) is 88.6 Å². The number of nitrogens with two attached hydrogens (primary N) is 1. The third-order valence-electron chi connectivity index (χ3n) is 4.56. The third-order valence-corrected chi connectivity index (χ3v) is 4.56. The van der Waals surface area contributed by atoms with Gasteiger partial charge in [-0.1, -0.05) is 42.5 Å². The van der Waals surface area contributed by atoms with Crippen LogP contribution in [-0.4, -0.2) is 17.9 Å². The number of unbranched alkanes of at least 4 members (excludes halogenated alkanes) is 1. The number of aryl methyl sites for hydroxylation is 1. The topological polar surface area (TPSA) is 77.2 Å². The summed E-state index contributed by atoms with van der Waals surface area (Å²) in [6.07, 6.45) is 8.46. The van der Waals surface area contributed by atoms with E-state index in [9.17, 15) is 4.79 Å². The van der Waals surface area contributed by atoms with Crippen molar-refractivity contribution in [2.24, 2.45) is 5.73 Å². The quantitative estimate of drug-likeness (QED) is 0.611. The van der Waals surface area contributed by atoms with Crippen LogP contribution in [0.2, 0.25) is 0 Å². The molecule has 1 amide bonds. The summed E-state index contributed by atoms with van der Waals surface area (Å²) in [4.78, 5) is 15.7. The van der Waals surface area contributed by atoms with Crippen molar-refractivity contribution in [3.63, 3.8) is 0 Å². The van der Waals surface area contributed by atoms with Crippen LogP contribution in [0.15, 0.2) is 66.9 Å². The van der Waals surface area contributed by atoms with Crippen LogP contribution >= 0.6 is 0 Å². The van der Waals surface area contributed by atoms with Crippen molar-refractivity contribution in [2.75, 3.05) is 7.05 Å². The number of benzene rings is 2. The molecule has 0 radical (unpaired) electrons. The molecule has 0 aliphatic carbocycles. The molecule has 148 valence electrons. The number of hydrogen-bond acceptors (Lipinski definition) is 4. The minimum absolute atomic E-state index is 0.241. The Kier molecular flexibility index (Phi) is 7.00. The van der Waals surface area contributed by atoms with Crippen LogP contribution in [-0.2, 0) is 6.42 Å². The maximum absolute atomic E-state index is 11.7. The molecule has 1 heterocycles. The fourth-order valence-corrected chi connectivity index (χ4v) is 3.00. The normalized spacial score (nSPS) is 12.0. The highest BCUT2D eigenvalue weighted by Gasteiger charge is 2.06. The first-order valence-corrected chi connectivity index (χ1v) is 9.61. The molecule has 3 aromatic rings. The Labute approximate surface area is 170 Å². The van der Waals surface area contributed by atoms with E-state index >= 15 is 0 Å². The van der Waals surface area contributed by atoms with Gasteiger partial charge >= 0.3 is 0 Å². The summed E-state index contributed by atoms with van der Waals surface area (Å²) < 4.78 is 5.84. The molecule has 3 rings (SSSR count). The maximum atomic E-state index is 11.7. The Morgan fingerprint density at radius 3 is 2.55 bits per heavy atom. The van der Waals surface area contributed by atoms with Gasteiger partial charge in [-0.3, -0.25) is 9.78 Å². The predicted molar refractivity (Wildman–Crippen MR) is 116 cm³/mol. The smallest absolute Gasteiger partial charge is 0.269 e. The Hall–Kier alpha value is -3.60. The summed E-state index contributed by atoms with van der Waals surface area (Å²) in [6.45, 7) is 0. The molecule has 5 heteroatoms. The molecule has 0 saturated carbocycles. The fourth-order valence-electron chi connectivity index (χ4n) is 3.00. The van der Waals surface area contributed by atoms with E-state index in [0.717, 1.165) is 30.2 Å². The van der Waals surface area contributed by atoms with E-state index in [4.69, 9.17) is 10.5 Å². The second kappa shape index (κ2) is 10.1. The van der Waals surface area contributed by atoms with Crippen LogP contribution in [0.4, 0.5) is 0 Å². The number of hydrogen-bond donors (Lipinski definition) is 2. The molecule has 1 aromatic heterocycles. The van der Waals surface area contributed by atoms with Crippen molar-refractivity contribution < 1.29 is 9.53 Å². The van der Waals surface area contributed by atoms with Crippen LogP contribution in [0.1, 0.15) is 28.9 Å². The number of nitrogens with one attached hydrogen (secondary N) is 1. The number of carbonyl (C=O) groups is 1. The Morgan fingerprint density at radius 2 is 1.83 bits per heavy atom. The predicted octanol–water partition coefficient (Wildman–Crippen LogP) is 2.73. The Balaban J connectivity index is 1.56. The van der Waals surface area contributed by atoms with Gasteiger partial charge in [0.05, 0.1) is 0 Å². The van der Waals surface area contributed by atoms with E-state index in [-0.39, 0.29) is 5.91 Å². The van der Waals surface area contributed by atoms with E-state index in [1.54, 1.807) is 31.6 Å². The maximum Gasteiger partial charge on any atom is 0.269 e. The van der Waals surface area contributed by atoms with Gasteiger partial charge < -0.3 is 15.8 Å². The van der Waals surface area contributed by atoms with Crippen LogP contribution in [0.5, 0.6) is 11.5 Å². The third kappa shape index (κ3) is 5.69. The van der Waals surface area contributed by atoms with Crippen molar-refractivity contribution in [2.45, 2.75) is 19.3 Å². The highest BCUT2D eigenvalue weighted by atomic mass is 16.5. The lowest BCUT2D eigenvalue weighted by Gasteiger charge is -2.08. The molecule has 0 bridgehead atoms. The standard InChI is InChI=1S/C24H25N3O2/c1-26-24(28)23-16-22(14-15-27-23)29-21-12-10-18(11-13-21)6-2-3-7-19-8-4-5-9-20(19)17-25/h4-5,7-17H,2-3,6,25H2,1H3,(H,26,28)/b19-7-,20-17-. The van der Waals surface area contributed by atoms with E-state index in [1.165, 1.54) is 10.8 Å². The van der Waals surface area contributed by atoms with Gasteiger partial charge in [0.2, 0.25) is 0 Å². The van der Waals surface area contributed by atoms with Gasteiger partial charge in [0.15, 0.2) is 0 Å². The summed E-state index contributed by atoms with van der Waals surface area (Å²) in [5, 5.41) is 4.79. The molecule has 0 atom stereocenters. The number of carbonyl (C=O) groups excluding carboxylic acids is 1. The summed E-state index contributed by atoms with van der Waals surface area (Å²) in [5.74, 6) is 1.06. The molecule has 3 N–H and O–H groups in total. The zero-order valence-corrected chi connectivity index (χ0v) is 16.5. The van der Waals surface area contributed by atoms with Crippen LogP contribution in [0, 0.1) is 0 Å². The highest BCUT2D eigenvalue weighted by molar-refractivity contribution is 5.92. The average molecular weight is 387 g/mol. The van der Waals surface area contributed by atoms with E-state index in [0.29, 0.717) is 11.4 Å². The zero-order chi connectivity index (χ0) is 20.5. The molecule has 2 aromatic carbocycles. The molecular formula is C24H25N3O2. The molecule has 5 nitrogen and oxygen atoms in total. The van der Waals surface area contributed by atoms with Crippen LogP contribution in [0.3, 0.4) is 0 Å².